The van der Waals surface area contributed by atoms with E-state index in [2.05, 4.69) is 10.6 Å². The number of carbonyl (C=O) groups is 2. The Bertz CT molecular complexity index is 432. The smallest absolute Gasteiger partial charge is 0.248 e. The van der Waals surface area contributed by atoms with Gasteiger partial charge in [0, 0.05) is 23.7 Å². The number of rotatable bonds is 6. The minimum Gasteiger partial charge on any atom is -0.366 e. The van der Waals surface area contributed by atoms with Crippen molar-refractivity contribution in [2.75, 3.05) is 18.4 Å². The molecule has 1 aromatic rings. The molecule has 18 heavy (non-hydrogen) atoms. The summed E-state index contributed by atoms with van der Waals surface area (Å²) in [5.41, 5.74) is 6.14. The van der Waals surface area contributed by atoms with Gasteiger partial charge in [0.05, 0.1) is 0 Å². The minimum absolute atomic E-state index is 0.0856. The van der Waals surface area contributed by atoms with E-state index in [1.807, 2.05) is 13.8 Å². The highest BCUT2D eigenvalue weighted by Crippen LogP contribution is 2.11. The quantitative estimate of drug-likeness (QED) is 0.702. The summed E-state index contributed by atoms with van der Waals surface area (Å²) in [7, 11) is 0. The zero-order valence-corrected chi connectivity index (χ0v) is 10.7. The molecular weight excluding hydrogens is 230 g/mol. The highest BCUT2D eigenvalue weighted by atomic mass is 16.2. The number of hydrogen-bond acceptors (Lipinski definition) is 3. The molecule has 0 aliphatic carbocycles. The summed E-state index contributed by atoms with van der Waals surface area (Å²) < 4.78 is 0. The molecule has 0 saturated carbocycles. The minimum atomic E-state index is -0.508. The molecule has 0 saturated heterocycles. The van der Waals surface area contributed by atoms with Crippen molar-refractivity contribution in [3.63, 3.8) is 0 Å². The topological polar surface area (TPSA) is 84.2 Å². The molecule has 5 nitrogen and oxygen atoms in total. The number of nitrogens with two attached hydrogens (primary N) is 1. The molecule has 5 heteroatoms. The first-order valence-corrected chi connectivity index (χ1v) is 5.96. The normalized spacial score (nSPS) is 11.9. The molecule has 98 valence electrons. The maximum absolute atomic E-state index is 11.8. The fourth-order valence-electron chi connectivity index (χ4n) is 1.47. The van der Waals surface area contributed by atoms with Crippen molar-refractivity contribution in [3.8, 4) is 0 Å². The molecule has 0 aromatic heterocycles. The van der Waals surface area contributed by atoms with E-state index in [0.717, 1.165) is 6.54 Å². The first-order valence-electron chi connectivity index (χ1n) is 5.96. The average molecular weight is 249 g/mol. The van der Waals surface area contributed by atoms with Gasteiger partial charge in [-0.25, -0.2) is 0 Å². The summed E-state index contributed by atoms with van der Waals surface area (Å²) in [5.74, 6) is -0.730. The predicted octanol–water partition coefficient (Wildman–Crippen LogP) is 0.970. The van der Waals surface area contributed by atoms with Gasteiger partial charge in [-0.2, -0.15) is 0 Å². The van der Waals surface area contributed by atoms with Gasteiger partial charge in [0.2, 0.25) is 11.8 Å². The second kappa shape index (κ2) is 6.76. The van der Waals surface area contributed by atoms with Crippen molar-refractivity contribution < 1.29 is 9.59 Å². The first-order chi connectivity index (χ1) is 8.54. The second-order valence-electron chi connectivity index (χ2n) is 4.14. The van der Waals surface area contributed by atoms with Gasteiger partial charge >= 0.3 is 0 Å². The van der Waals surface area contributed by atoms with Crippen molar-refractivity contribution >= 4 is 17.5 Å². The molecule has 1 aromatic carbocycles. The second-order valence-corrected chi connectivity index (χ2v) is 4.14. The monoisotopic (exact) mass is 249 g/mol. The van der Waals surface area contributed by atoms with Crippen LogP contribution in [0, 0.1) is 5.92 Å². The van der Waals surface area contributed by atoms with Gasteiger partial charge in [0.15, 0.2) is 0 Å². The standard InChI is InChI=1S/C13H19N3O2/c1-3-15-8-9(2)13(18)16-11-6-4-5-10(7-11)12(14)17/h4-7,9,15H,3,8H2,1-2H3,(H2,14,17)(H,16,18). The van der Waals surface area contributed by atoms with E-state index in [4.69, 9.17) is 5.73 Å². The number of benzene rings is 1. The van der Waals surface area contributed by atoms with Crippen LogP contribution in [-0.4, -0.2) is 24.9 Å². The van der Waals surface area contributed by atoms with Crippen molar-refractivity contribution in [2.24, 2.45) is 11.7 Å². The van der Waals surface area contributed by atoms with Crippen LogP contribution in [0.5, 0.6) is 0 Å². The average Bonchev–Trinajstić information content (AvgIpc) is 2.36. The Labute approximate surface area is 107 Å². The molecule has 0 radical (unpaired) electrons. The summed E-state index contributed by atoms with van der Waals surface area (Å²) in [6.45, 7) is 5.28. The molecular formula is C13H19N3O2. The first kappa shape index (κ1) is 14.2. The summed E-state index contributed by atoms with van der Waals surface area (Å²) >= 11 is 0. The van der Waals surface area contributed by atoms with E-state index < -0.39 is 5.91 Å². The summed E-state index contributed by atoms with van der Waals surface area (Å²) in [4.78, 5) is 22.8. The Morgan fingerprint density at radius 3 is 2.72 bits per heavy atom. The number of hydrogen-bond donors (Lipinski definition) is 3. The Morgan fingerprint density at radius 2 is 2.11 bits per heavy atom. The molecule has 4 N–H and O–H groups in total. The molecule has 2 amide bonds. The highest BCUT2D eigenvalue weighted by Gasteiger charge is 2.12. The number of primary amides is 1. The van der Waals surface area contributed by atoms with Crippen LogP contribution in [0.3, 0.4) is 0 Å². The number of carbonyl (C=O) groups excluding carboxylic acids is 2. The Morgan fingerprint density at radius 1 is 1.39 bits per heavy atom. The summed E-state index contributed by atoms with van der Waals surface area (Å²) in [5, 5.41) is 5.87. The maximum atomic E-state index is 11.8. The van der Waals surface area contributed by atoms with E-state index in [1.54, 1.807) is 24.3 Å². The lowest BCUT2D eigenvalue weighted by molar-refractivity contribution is -0.119. The van der Waals surface area contributed by atoms with Crippen molar-refractivity contribution in [1.29, 1.82) is 0 Å². The zero-order chi connectivity index (χ0) is 13.5. The molecule has 1 unspecified atom stereocenters. The van der Waals surface area contributed by atoms with E-state index in [1.165, 1.54) is 0 Å². The van der Waals surface area contributed by atoms with Crippen molar-refractivity contribution in [2.45, 2.75) is 13.8 Å². The zero-order valence-electron chi connectivity index (χ0n) is 10.7. The third-order valence-electron chi connectivity index (χ3n) is 2.56. The molecule has 0 aliphatic rings. The highest BCUT2D eigenvalue weighted by molar-refractivity contribution is 5.96. The largest absolute Gasteiger partial charge is 0.366 e. The van der Waals surface area contributed by atoms with E-state index in [0.29, 0.717) is 17.8 Å². The number of nitrogens with one attached hydrogen (secondary N) is 2. The lowest BCUT2D eigenvalue weighted by Crippen LogP contribution is -2.30. The third-order valence-corrected chi connectivity index (χ3v) is 2.56. The van der Waals surface area contributed by atoms with Crippen LogP contribution < -0.4 is 16.4 Å². The Kier molecular flexibility index (Phi) is 5.32. The molecule has 0 aliphatic heterocycles. The lowest BCUT2D eigenvalue weighted by Gasteiger charge is -2.12. The van der Waals surface area contributed by atoms with Gasteiger partial charge in [0.25, 0.3) is 0 Å². The van der Waals surface area contributed by atoms with E-state index in [-0.39, 0.29) is 11.8 Å². The van der Waals surface area contributed by atoms with Gasteiger partial charge < -0.3 is 16.4 Å². The Balaban J connectivity index is 2.64. The molecule has 1 atom stereocenters. The van der Waals surface area contributed by atoms with Crippen molar-refractivity contribution in [3.05, 3.63) is 29.8 Å². The molecule has 0 fully saturated rings. The summed E-state index contributed by atoms with van der Waals surface area (Å²) in [6.07, 6.45) is 0. The van der Waals surface area contributed by atoms with Gasteiger partial charge in [-0.05, 0) is 24.7 Å². The van der Waals surface area contributed by atoms with Gasteiger partial charge in [-0.1, -0.05) is 19.9 Å². The number of amides is 2. The van der Waals surface area contributed by atoms with E-state index in [9.17, 15) is 9.59 Å². The van der Waals surface area contributed by atoms with Crippen molar-refractivity contribution in [1.82, 2.24) is 5.32 Å². The van der Waals surface area contributed by atoms with Crippen LogP contribution in [0.4, 0.5) is 5.69 Å². The SMILES string of the molecule is CCNCC(C)C(=O)Nc1cccc(C(N)=O)c1. The van der Waals surface area contributed by atoms with Crippen LogP contribution in [-0.2, 0) is 4.79 Å². The maximum Gasteiger partial charge on any atom is 0.248 e. The van der Waals surface area contributed by atoms with E-state index >= 15 is 0 Å². The number of anilines is 1. The van der Waals surface area contributed by atoms with Crippen LogP contribution in [0.25, 0.3) is 0 Å². The fraction of sp³-hybridized carbons (Fsp3) is 0.385. The van der Waals surface area contributed by atoms with Crippen LogP contribution in [0.1, 0.15) is 24.2 Å². The van der Waals surface area contributed by atoms with Gasteiger partial charge in [0.1, 0.15) is 0 Å². The summed E-state index contributed by atoms with van der Waals surface area (Å²) in [6, 6.07) is 6.59. The van der Waals surface area contributed by atoms with Crippen LogP contribution in [0.2, 0.25) is 0 Å². The molecule has 0 heterocycles. The molecule has 0 spiro atoms. The van der Waals surface area contributed by atoms with Crippen LogP contribution in [0.15, 0.2) is 24.3 Å². The predicted molar refractivity (Wildman–Crippen MR) is 71.3 cm³/mol. The molecule has 1 rings (SSSR count). The van der Waals surface area contributed by atoms with Crippen LogP contribution >= 0.6 is 0 Å². The lowest BCUT2D eigenvalue weighted by atomic mass is 10.1. The molecule has 0 bridgehead atoms. The Hall–Kier alpha value is -1.88. The third kappa shape index (κ3) is 4.18. The fourth-order valence-corrected chi connectivity index (χ4v) is 1.47. The van der Waals surface area contributed by atoms with Gasteiger partial charge in [-0.3, -0.25) is 9.59 Å². The van der Waals surface area contributed by atoms with Gasteiger partial charge in [-0.15, -0.1) is 0 Å².